The van der Waals surface area contributed by atoms with E-state index in [4.69, 9.17) is 23.8 Å². The van der Waals surface area contributed by atoms with Crippen molar-refractivity contribution in [3.05, 3.63) is 179 Å². The number of carbonyl (C=O) groups is 7. The minimum absolute atomic E-state index is 0.0140. The van der Waals surface area contributed by atoms with Gasteiger partial charge in [0.25, 0.3) is 11.8 Å². The van der Waals surface area contributed by atoms with Gasteiger partial charge in [-0.15, -0.1) is 23.1 Å². The molecule has 7 rings (SSSR count). The van der Waals surface area contributed by atoms with Crippen LogP contribution in [0.5, 0.6) is 0 Å². The van der Waals surface area contributed by atoms with Crippen LogP contribution in [0.25, 0.3) is 0 Å². The molecule has 20 heteroatoms. The van der Waals surface area contributed by atoms with Crippen LogP contribution in [-0.2, 0) is 52.6 Å². The Labute approximate surface area is 416 Å². The second kappa shape index (κ2) is 23.5. The molecule has 1 fully saturated rings. The molecular formula is C51H48N6O12S2. The molecule has 3 N–H and O–H groups in total. The number of β-lactam (4-membered cyclic amide) rings is 1. The van der Waals surface area contributed by atoms with Crippen LogP contribution in [-0.4, -0.2) is 99.8 Å². The van der Waals surface area contributed by atoms with Gasteiger partial charge in [0.15, 0.2) is 29.1 Å². The van der Waals surface area contributed by atoms with Gasteiger partial charge in [-0.1, -0.05) is 139 Å². The number of ether oxygens (including phenoxy) is 4. The molecule has 4 amide bonds. The smallest absolute Gasteiger partial charge is 0.408 e. The van der Waals surface area contributed by atoms with Gasteiger partial charge in [-0.25, -0.2) is 24.2 Å². The number of thioether (sulfide) groups is 1. The van der Waals surface area contributed by atoms with Crippen LogP contribution in [0.2, 0.25) is 0 Å². The summed E-state index contributed by atoms with van der Waals surface area (Å²) in [6, 6.07) is 33.4. The number of esters is 3. The Kier molecular flexibility index (Phi) is 16.8. The fourth-order valence-corrected chi connectivity index (χ4v) is 9.21. The largest absolute Gasteiger partial charge is 0.460 e. The number of benzene rings is 4. The number of allylic oxidation sites excluding steroid dienone is 1. The molecule has 0 bridgehead atoms. The highest BCUT2D eigenvalue weighted by atomic mass is 32.2. The summed E-state index contributed by atoms with van der Waals surface area (Å²) < 4.78 is 22.8. The summed E-state index contributed by atoms with van der Waals surface area (Å²) in [7, 11) is 0. The van der Waals surface area contributed by atoms with E-state index >= 15 is 0 Å². The molecule has 1 aromatic heterocycles. The Balaban J connectivity index is 1.04. The topological polar surface area (TPSA) is 230 Å². The first kappa shape index (κ1) is 50.8. The van der Waals surface area contributed by atoms with Gasteiger partial charge in [0.2, 0.25) is 13.0 Å². The van der Waals surface area contributed by atoms with Crippen LogP contribution in [0.3, 0.4) is 0 Å². The summed E-state index contributed by atoms with van der Waals surface area (Å²) in [6.07, 6.45) is -0.821. The first-order chi connectivity index (χ1) is 34.2. The quantitative estimate of drug-likeness (QED) is 0.0192. The number of nitrogens with one attached hydrogen (secondary N) is 3. The van der Waals surface area contributed by atoms with Crippen molar-refractivity contribution in [2.75, 3.05) is 24.3 Å². The van der Waals surface area contributed by atoms with Crippen LogP contribution in [0.15, 0.2) is 156 Å². The van der Waals surface area contributed by atoms with Gasteiger partial charge in [-0.2, -0.15) is 0 Å². The maximum atomic E-state index is 14.1. The van der Waals surface area contributed by atoms with Crippen LogP contribution in [0.1, 0.15) is 60.9 Å². The SMILES string of the molecule is C=CC1=C(C(=O)OC(c2ccccc2)c2ccccc2)N2C(=O)C(NC(=O)C(=NOCC(=O)OCC(NC(=O)OC(C)(C)C)C(=O)OC(c3ccccc3)c3ccccc3)c3csc(NC=O)n3)[C@@H]2SC1. The van der Waals surface area contributed by atoms with Crippen molar-refractivity contribution in [1.29, 1.82) is 0 Å². The zero-order valence-corrected chi connectivity index (χ0v) is 40.2. The zero-order valence-electron chi connectivity index (χ0n) is 38.6. The standard InChI is InChI=1S/C51H48N6O12S2/c1-5-31-28-70-46-40(45(61)57(46)41(31)48(63)68-43(34-22-14-8-15-23-34)35-24-16-9-17-25-35)55-44(60)39(37-29-71-49(53-37)52-30-58)56-66-27-38(59)65-26-36(54-50(64)69-51(2,3)4)47(62)67-42(32-18-10-6-11-19-32)33-20-12-7-13-21-33/h5-25,29-30,36,40,42-43,46H,1,26-28H2,2-4H3,(H,54,64)(H,55,60)(H,52,53,58)/t36?,40?,46-/m0/s1. The minimum Gasteiger partial charge on any atom is -0.460 e. The average molecular weight is 1000 g/mol. The maximum absolute atomic E-state index is 14.1. The van der Waals surface area contributed by atoms with E-state index in [9.17, 15) is 33.6 Å². The first-order valence-electron chi connectivity index (χ1n) is 22.0. The Morgan fingerprint density at radius 2 is 1.39 bits per heavy atom. The van der Waals surface area contributed by atoms with Gasteiger partial charge in [0.05, 0.1) is 0 Å². The molecule has 5 aromatic rings. The van der Waals surface area contributed by atoms with Crippen molar-refractivity contribution in [2.24, 2.45) is 5.16 Å². The van der Waals surface area contributed by atoms with Crippen molar-refractivity contribution in [1.82, 2.24) is 20.5 Å². The molecule has 0 aliphatic carbocycles. The number of rotatable bonds is 20. The Morgan fingerprint density at radius 1 is 0.845 bits per heavy atom. The van der Waals surface area contributed by atoms with Gasteiger partial charge in [0, 0.05) is 11.1 Å². The fourth-order valence-electron chi connectivity index (χ4n) is 7.22. The number of thiazole rings is 1. The molecule has 18 nitrogen and oxygen atoms in total. The molecule has 4 aromatic carbocycles. The van der Waals surface area contributed by atoms with E-state index in [2.05, 4.69) is 32.7 Å². The van der Waals surface area contributed by atoms with E-state index < -0.39 is 90.0 Å². The number of hydrogen-bond donors (Lipinski definition) is 3. The summed E-state index contributed by atoms with van der Waals surface area (Å²) in [5, 5.41) is 12.0. The van der Waals surface area contributed by atoms with Crippen LogP contribution < -0.4 is 16.0 Å². The molecule has 71 heavy (non-hydrogen) atoms. The highest BCUT2D eigenvalue weighted by molar-refractivity contribution is 8.00. The number of aromatic nitrogens is 1. The number of alkyl carbamates (subject to hydrolysis) is 1. The first-order valence-corrected chi connectivity index (χ1v) is 23.9. The summed E-state index contributed by atoms with van der Waals surface area (Å²) in [4.78, 5) is 104. The minimum atomic E-state index is -1.56. The number of fused-ring (bicyclic) bond motifs is 1. The van der Waals surface area contributed by atoms with Crippen molar-refractivity contribution >= 4 is 76.2 Å². The van der Waals surface area contributed by atoms with Crippen LogP contribution in [0, 0.1) is 0 Å². The molecule has 1 saturated heterocycles. The predicted molar refractivity (Wildman–Crippen MR) is 262 cm³/mol. The highest BCUT2D eigenvalue weighted by Gasteiger charge is 2.55. The number of anilines is 1. The van der Waals surface area contributed by atoms with E-state index in [0.717, 1.165) is 11.3 Å². The van der Waals surface area contributed by atoms with Crippen LogP contribution in [0.4, 0.5) is 9.93 Å². The van der Waals surface area contributed by atoms with Gasteiger partial charge >= 0.3 is 24.0 Å². The van der Waals surface area contributed by atoms with E-state index in [1.54, 1.807) is 81.4 Å². The second-order valence-electron chi connectivity index (χ2n) is 16.6. The molecule has 2 unspecified atom stereocenters. The number of carbonyl (C=O) groups excluding carboxylic acids is 7. The molecule has 366 valence electrons. The Morgan fingerprint density at radius 3 is 1.92 bits per heavy atom. The Bertz CT molecular complexity index is 2720. The third kappa shape index (κ3) is 13.0. The second-order valence-corrected chi connectivity index (χ2v) is 18.5. The highest BCUT2D eigenvalue weighted by Crippen LogP contribution is 2.42. The summed E-state index contributed by atoms with van der Waals surface area (Å²) in [5.74, 6) is -4.13. The molecule has 0 radical (unpaired) electrons. The van der Waals surface area contributed by atoms with Crippen molar-refractivity contribution < 1.29 is 57.3 Å². The predicted octanol–water partition coefficient (Wildman–Crippen LogP) is 6.37. The molecule has 3 atom stereocenters. The number of amides is 4. The van der Waals surface area contributed by atoms with E-state index in [1.165, 1.54) is 28.1 Å². The normalized spacial score (nSPS) is 15.9. The number of nitrogens with zero attached hydrogens (tertiary/aromatic N) is 3. The van der Waals surface area contributed by atoms with E-state index in [1.807, 2.05) is 60.7 Å². The van der Waals surface area contributed by atoms with Crippen molar-refractivity contribution in [3.63, 3.8) is 0 Å². The third-order valence-electron chi connectivity index (χ3n) is 10.5. The molecule has 0 spiro atoms. The third-order valence-corrected chi connectivity index (χ3v) is 12.5. The Hall–Kier alpha value is -8.10. The maximum Gasteiger partial charge on any atom is 0.408 e. The number of oxime groups is 1. The molecular weight excluding hydrogens is 953 g/mol. The van der Waals surface area contributed by atoms with Crippen LogP contribution >= 0.6 is 23.1 Å². The summed E-state index contributed by atoms with van der Waals surface area (Å²) >= 11 is 2.23. The lowest BCUT2D eigenvalue weighted by Crippen LogP contribution is -2.71. The lowest BCUT2D eigenvalue weighted by molar-refractivity contribution is -0.157. The fraction of sp³-hybridized carbons (Fsp3) is 0.235. The van der Waals surface area contributed by atoms with Gasteiger partial charge in [-0.3, -0.25) is 19.3 Å². The van der Waals surface area contributed by atoms with E-state index in [-0.39, 0.29) is 22.3 Å². The van der Waals surface area contributed by atoms with Gasteiger partial charge < -0.3 is 39.7 Å². The summed E-state index contributed by atoms with van der Waals surface area (Å²) in [6.45, 7) is 7.12. The van der Waals surface area contributed by atoms with E-state index in [0.29, 0.717) is 34.2 Å². The zero-order chi connectivity index (χ0) is 50.5. The van der Waals surface area contributed by atoms with Gasteiger partial charge in [0.1, 0.15) is 35.0 Å². The van der Waals surface area contributed by atoms with Gasteiger partial charge in [-0.05, 0) is 48.6 Å². The van der Waals surface area contributed by atoms with Crippen molar-refractivity contribution in [3.8, 4) is 0 Å². The molecule has 0 saturated carbocycles. The molecule has 3 heterocycles. The average Bonchev–Trinajstić information content (AvgIpc) is 3.84. The number of hydrogen-bond acceptors (Lipinski definition) is 16. The van der Waals surface area contributed by atoms with Crippen molar-refractivity contribution in [2.45, 2.75) is 56.0 Å². The molecule has 2 aliphatic rings. The summed E-state index contributed by atoms with van der Waals surface area (Å²) in [5.41, 5.74) is 1.61. The monoisotopic (exact) mass is 1000 g/mol. The lowest BCUT2D eigenvalue weighted by Gasteiger charge is -2.49. The molecule has 2 aliphatic heterocycles. The lowest BCUT2D eigenvalue weighted by atomic mass is 10.0.